The molecule has 0 spiro atoms. The van der Waals surface area contributed by atoms with Gasteiger partial charge in [0.05, 0.1) is 6.54 Å². The first kappa shape index (κ1) is 12.5. The Balaban J connectivity index is 1.91. The summed E-state index contributed by atoms with van der Waals surface area (Å²) in [5.41, 5.74) is 6.12. The molecule has 1 fully saturated rings. The first-order chi connectivity index (χ1) is 8.15. The minimum atomic E-state index is 0.299. The maximum atomic E-state index is 6.12. The van der Waals surface area contributed by atoms with E-state index in [-0.39, 0.29) is 0 Å². The summed E-state index contributed by atoms with van der Waals surface area (Å²) in [5.74, 6) is 2.01. The number of nitrogens with zero attached hydrogens (tertiary/aromatic N) is 3. The number of aromatic nitrogens is 2. The van der Waals surface area contributed by atoms with Gasteiger partial charge in [-0.25, -0.2) is 0 Å². The highest BCUT2D eigenvalue weighted by atomic mass is 16.5. The number of rotatable bonds is 4. The Morgan fingerprint density at radius 1 is 1.35 bits per heavy atom. The molecule has 2 atom stereocenters. The third-order valence-electron chi connectivity index (χ3n) is 3.37. The van der Waals surface area contributed by atoms with E-state index in [1.54, 1.807) is 0 Å². The maximum absolute atomic E-state index is 6.12. The van der Waals surface area contributed by atoms with Crippen LogP contribution in [0.25, 0.3) is 0 Å². The summed E-state index contributed by atoms with van der Waals surface area (Å²) in [6.45, 7) is 0.722. The lowest BCUT2D eigenvalue weighted by Gasteiger charge is -2.27. The second kappa shape index (κ2) is 5.60. The smallest absolute Gasteiger partial charge is 0.227 e. The van der Waals surface area contributed by atoms with Gasteiger partial charge in [-0.15, -0.1) is 0 Å². The summed E-state index contributed by atoms with van der Waals surface area (Å²) >= 11 is 0. The van der Waals surface area contributed by atoms with Crippen molar-refractivity contribution < 1.29 is 4.52 Å². The molecule has 0 saturated heterocycles. The van der Waals surface area contributed by atoms with Crippen LogP contribution in [0.1, 0.15) is 37.4 Å². The minimum absolute atomic E-state index is 0.299. The van der Waals surface area contributed by atoms with Gasteiger partial charge in [0, 0.05) is 12.5 Å². The lowest BCUT2D eigenvalue weighted by Crippen LogP contribution is -2.34. The minimum Gasteiger partial charge on any atom is -0.339 e. The van der Waals surface area contributed by atoms with Crippen molar-refractivity contribution in [2.45, 2.75) is 44.7 Å². The second-order valence-electron chi connectivity index (χ2n) is 5.25. The molecule has 1 aromatic heterocycles. The van der Waals surface area contributed by atoms with Crippen LogP contribution in [0.3, 0.4) is 0 Å². The molecule has 2 N–H and O–H groups in total. The van der Waals surface area contributed by atoms with E-state index in [9.17, 15) is 0 Å². The van der Waals surface area contributed by atoms with Crippen molar-refractivity contribution in [3.8, 4) is 0 Å². The van der Waals surface area contributed by atoms with E-state index in [0.717, 1.165) is 31.1 Å². The molecule has 0 aromatic carbocycles. The number of nitrogens with two attached hydrogens (primary N) is 1. The monoisotopic (exact) mass is 238 g/mol. The highest BCUT2D eigenvalue weighted by molar-refractivity contribution is 4.91. The van der Waals surface area contributed by atoms with E-state index in [0.29, 0.717) is 12.0 Å². The molecule has 1 heterocycles. The van der Waals surface area contributed by atoms with E-state index >= 15 is 0 Å². The lowest BCUT2D eigenvalue weighted by molar-refractivity contribution is 0.272. The summed E-state index contributed by atoms with van der Waals surface area (Å²) in [5, 5.41) is 3.98. The van der Waals surface area contributed by atoms with Gasteiger partial charge >= 0.3 is 0 Å². The van der Waals surface area contributed by atoms with Gasteiger partial charge in [-0.1, -0.05) is 18.0 Å². The molecule has 5 heteroatoms. The average Bonchev–Trinajstić information content (AvgIpc) is 2.68. The average molecular weight is 238 g/mol. The van der Waals surface area contributed by atoms with Crippen LogP contribution in [0.15, 0.2) is 4.52 Å². The summed E-state index contributed by atoms with van der Waals surface area (Å²) in [6, 6.07) is 0.299. The van der Waals surface area contributed by atoms with Gasteiger partial charge in [-0.2, -0.15) is 4.98 Å². The SMILES string of the molecule is CN(C)Cc1noc(CC2CCCCC2N)n1. The van der Waals surface area contributed by atoms with Gasteiger partial charge in [0.25, 0.3) is 0 Å². The van der Waals surface area contributed by atoms with E-state index in [2.05, 4.69) is 10.1 Å². The lowest BCUT2D eigenvalue weighted by atomic mass is 9.83. The predicted molar refractivity (Wildman–Crippen MR) is 65.3 cm³/mol. The Morgan fingerprint density at radius 2 is 2.12 bits per heavy atom. The Hall–Kier alpha value is -0.940. The van der Waals surface area contributed by atoms with Gasteiger partial charge in [0.2, 0.25) is 5.89 Å². The van der Waals surface area contributed by atoms with Crippen LogP contribution in [0.4, 0.5) is 0 Å². The van der Waals surface area contributed by atoms with E-state index in [4.69, 9.17) is 10.3 Å². The molecule has 1 saturated carbocycles. The normalized spacial score (nSPS) is 25.4. The third kappa shape index (κ3) is 3.51. The molecule has 1 aliphatic rings. The quantitative estimate of drug-likeness (QED) is 0.853. The zero-order valence-electron chi connectivity index (χ0n) is 10.7. The Labute approximate surface area is 102 Å². The Kier molecular flexibility index (Phi) is 4.12. The van der Waals surface area contributed by atoms with Crippen LogP contribution in [-0.4, -0.2) is 35.2 Å². The molecule has 1 aliphatic carbocycles. The topological polar surface area (TPSA) is 68.2 Å². The number of hydrogen-bond acceptors (Lipinski definition) is 5. The fourth-order valence-corrected chi connectivity index (χ4v) is 2.43. The fourth-order valence-electron chi connectivity index (χ4n) is 2.43. The largest absolute Gasteiger partial charge is 0.339 e. The van der Waals surface area contributed by atoms with E-state index < -0.39 is 0 Å². The molecule has 1 aromatic rings. The van der Waals surface area contributed by atoms with Gasteiger partial charge in [-0.3, -0.25) is 0 Å². The molecule has 0 aliphatic heterocycles. The predicted octanol–water partition coefficient (Wildman–Crippen LogP) is 1.19. The van der Waals surface area contributed by atoms with Gasteiger partial charge in [0.1, 0.15) is 0 Å². The molecule has 96 valence electrons. The van der Waals surface area contributed by atoms with Crippen LogP contribution >= 0.6 is 0 Å². The van der Waals surface area contributed by atoms with Crippen molar-refractivity contribution >= 4 is 0 Å². The second-order valence-corrected chi connectivity index (χ2v) is 5.25. The molecule has 2 unspecified atom stereocenters. The Bertz CT molecular complexity index is 350. The van der Waals surface area contributed by atoms with Crippen LogP contribution < -0.4 is 5.73 Å². The maximum Gasteiger partial charge on any atom is 0.227 e. The number of hydrogen-bond donors (Lipinski definition) is 1. The summed E-state index contributed by atoms with van der Waals surface area (Å²) in [7, 11) is 3.99. The Morgan fingerprint density at radius 3 is 2.82 bits per heavy atom. The van der Waals surface area contributed by atoms with Gasteiger partial charge in [0.15, 0.2) is 5.82 Å². The van der Waals surface area contributed by atoms with E-state index in [1.165, 1.54) is 19.3 Å². The zero-order valence-corrected chi connectivity index (χ0v) is 10.7. The summed E-state index contributed by atoms with van der Waals surface area (Å²) in [6.07, 6.45) is 5.68. The molecule has 0 amide bonds. The molecule has 5 nitrogen and oxygen atoms in total. The molecule has 0 radical (unpaired) electrons. The van der Waals surface area contributed by atoms with Crippen molar-refractivity contribution in [2.75, 3.05) is 14.1 Å². The van der Waals surface area contributed by atoms with Crippen molar-refractivity contribution in [1.82, 2.24) is 15.0 Å². The highest BCUT2D eigenvalue weighted by Crippen LogP contribution is 2.25. The van der Waals surface area contributed by atoms with Crippen LogP contribution in [-0.2, 0) is 13.0 Å². The van der Waals surface area contributed by atoms with E-state index in [1.807, 2.05) is 19.0 Å². The third-order valence-corrected chi connectivity index (χ3v) is 3.37. The summed E-state index contributed by atoms with van der Waals surface area (Å²) in [4.78, 5) is 6.43. The molecule has 0 bridgehead atoms. The molecule has 2 rings (SSSR count). The van der Waals surface area contributed by atoms with Crippen molar-refractivity contribution in [3.63, 3.8) is 0 Å². The fraction of sp³-hybridized carbons (Fsp3) is 0.833. The molecular formula is C12H22N4O. The van der Waals surface area contributed by atoms with Crippen LogP contribution in [0, 0.1) is 5.92 Å². The highest BCUT2D eigenvalue weighted by Gasteiger charge is 2.24. The molecular weight excluding hydrogens is 216 g/mol. The van der Waals surface area contributed by atoms with Crippen molar-refractivity contribution in [2.24, 2.45) is 11.7 Å². The van der Waals surface area contributed by atoms with Gasteiger partial charge < -0.3 is 15.2 Å². The standard InChI is InChI=1S/C12H22N4O/c1-16(2)8-11-14-12(17-15-11)7-9-5-3-4-6-10(9)13/h9-10H,3-8,13H2,1-2H3. The summed E-state index contributed by atoms with van der Waals surface area (Å²) < 4.78 is 5.27. The first-order valence-corrected chi connectivity index (χ1v) is 6.37. The van der Waals surface area contributed by atoms with Gasteiger partial charge in [-0.05, 0) is 32.9 Å². The van der Waals surface area contributed by atoms with Crippen LogP contribution in [0.5, 0.6) is 0 Å². The zero-order chi connectivity index (χ0) is 12.3. The van der Waals surface area contributed by atoms with Crippen molar-refractivity contribution in [3.05, 3.63) is 11.7 Å². The van der Waals surface area contributed by atoms with Crippen molar-refractivity contribution in [1.29, 1.82) is 0 Å². The van der Waals surface area contributed by atoms with Crippen LogP contribution in [0.2, 0.25) is 0 Å². The first-order valence-electron chi connectivity index (χ1n) is 6.37. The molecule has 17 heavy (non-hydrogen) atoms.